The molecule has 1 aliphatic rings. The highest BCUT2D eigenvalue weighted by Gasteiger charge is 2.31. The van der Waals surface area contributed by atoms with E-state index in [9.17, 15) is 9.59 Å². The number of carboxylic acid groups (broad SMARTS) is 1. The maximum atomic E-state index is 13.0. The molecule has 2 aromatic carbocycles. The van der Waals surface area contributed by atoms with Crippen LogP contribution in [0, 0.1) is 0 Å². The Morgan fingerprint density at radius 3 is 2.90 bits per heavy atom. The molecule has 0 spiro atoms. The molecule has 204 valence electrons. The van der Waals surface area contributed by atoms with E-state index in [1.165, 1.54) is 0 Å². The number of rotatable bonds is 12. The molecule has 2 aromatic heterocycles. The zero-order valence-electron chi connectivity index (χ0n) is 21.8. The molecule has 2 N–H and O–H groups in total. The molecule has 1 fully saturated rings. The van der Waals surface area contributed by atoms with E-state index in [0.29, 0.717) is 41.2 Å². The first-order chi connectivity index (χ1) is 18.9. The number of methoxy groups -OCH3 is 1. The van der Waals surface area contributed by atoms with Gasteiger partial charge in [0.25, 0.3) is 12.0 Å². The molecule has 5 rings (SSSR count). The molecular weight excluding hydrogens is 504 g/mol. The smallest absolute Gasteiger partial charge is 0.303 e. The van der Waals surface area contributed by atoms with Crippen LogP contribution < -0.4 is 15.0 Å². The molecule has 0 aliphatic carbocycles. The summed E-state index contributed by atoms with van der Waals surface area (Å²) in [6, 6.07) is 13.7. The molecule has 11 nitrogen and oxygen atoms in total. The number of hydrogen-bond donors (Lipinski definition) is 2. The predicted octanol–water partition coefficient (Wildman–Crippen LogP) is 4.73. The Balaban J connectivity index is 1.20. The number of ketones is 1. The second-order valence-corrected chi connectivity index (χ2v) is 9.36. The van der Waals surface area contributed by atoms with Crippen molar-refractivity contribution in [2.45, 2.75) is 51.4 Å². The van der Waals surface area contributed by atoms with Crippen LogP contribution in [0.1, 0.15) is 37.5 Å². The Bertz CT molecular complexity index is 1460. The number of ether oxygens (including phenoxy) is 2. The minimum atomic E-state index is -0.893. The number of Topliss-reactive ketones (excluding diaryl/α,β-unsaturated/α-hetero) is 1. The average Bonchev–Trinajstić information content (AvgIpc) is 3.67. The molecule has 1 saturated heterocycles. The van der Waals surface area contributed by atoms with Crippen molar-refractivity contribution >= 4 is 40.6 Å². The fourth-order valence-electron chi connectivity index (χ4n) is 4.52. The summed E-state index contributed by atoms with van der Waals surface area (Å²) >= 11 is 0. The maximum absolute atomic E-state index is 13.0. The van der Waals surface area contributed by atoms with Gasteiger partial charge in [-0.05, 0) is 49.6 Å². The van der Waals surface area contributed by atoms with Gasteiger partial charge in [0.2, 0.25) is 0 Å². The van der Waals surface area contributed by atoms with Crippen LogP contribution >= 0.6 is 0 Å². The molecule has 2 atom stereocenters. The Morgan fingerprint density at radius 1 is 1.23 bits per heavy atom. The Hall–Kier alpha value is -4.38. The van der Waals surface area contributed by atoms with E-state index < -0.39 is 12.1 Å². The van der Waals surface area contributed by atoms with Crippen molar-refractivity contribution in [2.75, 3.05) is 23.9 Å². The number of nitrogens with one attached hydrogen (secondary N) is 1. The summed E-state index contributed by atoms with van der Waals surface area (Å²) in [5.74, 6) is 0.214. The number of anilines is 3. The van der Waals surface area contributed by atoms with Crippen LogP contribution in [0.5, 0.6) is 5.75 Å². The van der Waals surface area contributed by atoms with Gasteiger partial charge in [-0.2, -0.15) is 4.98 Å². The summed E-state index contributed by atoms with van der Waals surface area (Å²) in [6.45, 7) is 2.42. The van der Waals surface area contributed by atoms with Gasteiger partial charge in [0.05, 0.1) is 25.4 Å². The SMILES string of the molecule is COc1ccccc1Nc1nc2ccc(CC(=O)C(C)O[C@H]3CCCN3c3ncc(CCC(=O)O)o3)cc2o1. The second kappa shape index (κ2) is 11.6. The third-order valence-corrected chi connectivity index (χ3v) is 6.56. The number of aliphatic carboxylic acids is 1. The highest BCUT2D eigenvalue weighted by atomic mass is 16.5. The Morgan fingerprint density at radius 2 is 2.08 bits per heavy atom. The Labute approximate surface area is 224 Å². The molecule has 11 heteroatoms. The Kier molecular flexibility index (Phi) is 7.78. The predicted molar refractivity (Wildman–Crippen MR) is 142 cm³/mol. The summed E-state index contributed by atoms with van der Waals surface area (Å²) in [5.41, 5.74) is 2.76. The van der Waals surface area contributed by atoms with Crippen molar-refractivity contribution in [3.05, 3.63) is 60.0 Å². The van der Waals surface area contributed by atoms with Gasteiger partial charge >= 0.3 is 5.97 Å². The highest BCUT2D eigenvalue weighted by Crippen LogP contribution is 2.30. The number of nitrogens with zero attached hydrogens (tertiary/aromatic N) is 3. The summed E-state index contributed by atoms with van der Waals surface area (Å²) < 4.78 is 23.1. The third-order valence-electron chi connectivity index (χ3n) is 6.56. The van der Waals surface area contributed by atoms with E-state index >= 15 is 0 Å². The van der Waals surface area contributed by atoms with Crippen LogP contribution in [0.2, 0.25) is 0 Å². The molecule has 1 aliphatic heterocycles. The van der Waals surface area contributed by atoms with E-state index in [-0.39, 0.29) is 31.3 Å². The first-order valence-corrected chi connectivity index (χ1v) is 12.8. The molecule has 0 saturated carbocycles. The van der Waals surface area contributed by atoms with Gasteiger partial charge in [-0.3, -0.25) is 9.59 Å². The third kappa shape index (κ3) is 6.20. The van der Waals surface area contributed by atoms with Crippen LogP contribution in [0.15, 0.2) is 57.5 Å². The van der Waals surface area contributed by atoms with Crippen LogP contribution in [-0.2, 0) is 27.2 Å². The van der Waals surface area contributed by atoms with Gasteiger partial charge in [0, 0.05) is 19.4 Å². The summed E-state index contributed by atoms with van der Waals surface area (Å²) in [6.07, 6.45) is 2.56. The fraction of sp³-hybridized carbons (Fsp3) is 0.357. The lowest BCUT2D eigenvalue weighted by Crippen LogP contribution is -2.37. The second-order valence-electron chi connectivity index (χ2n) is 9.36. The monoisotopic (exact) mass is 534 g/mol. The highest BCUT2D eigenvalue weighted by molar-refractivity contribution is 5.86. The van der Waals surface area contributed by atoms with E-state index in [1.807, 2.05) is 47.4 Å². The van der Waals surface area contributed by atoms with E-state index in [1.54, 1.807) is 20.2 Å². The van der Waals surface area contributed by atoms with Crippen LogP contribution in [-0.4, -0.2) is 52.8 Å². The van der Waals surface area contributed by atoms with Crippen molar-refractivity contribution in [1.29, 1.82) is 0 Å². The number of hydrogen-bond acceptors (Lipinski definition) is 10. The number of carboxylic acids is 1. The van der Waals surface area contributed by atoms with Crippen LogP contribution in [0.25, 0.3) is 11.1 Å². The molecule has 1 unspecified atom stereocenters. The zero-order valence-corrected chi connectivity index (χ0v) is 21.8. The lowest BCUT2D eigenvalue weighted by atomic mass is 10.1. The van der Waals surface area contributed by atoms with E-state index in [4.69, 9.17) is 23.4 Å². The summed E-state index contributed by atoms with van der Waals surface area (Å²) in [4.78, 5) is 34.5. The number of oxazole rings is 2. The van der Waals surface area contributed by atoms with Gasteiger partial charge in [0.15, 0.2) is 11.4 Å². The first kappa shape index (κ1) is 26.2. The van der Waals surface area contributed by atoms with Gasteiger partial charge in [-0.15, -0.1) is 0 Å². The van der Waals surface area contributed by atoms with Gasteiger partial charge < -0.3 is 33.6 Å². The van der Waals surface area contributed by atoms with Crippen LogP contribution in [0.3, 0.4) is 0 Å². The van der Waals surface area contributed by atoms with Gasteiger partial charge in [-0.25, -0.2) is 4.98 Å². The zero-order chi connectivity index (χ0) is 27.4. The lowest BCUT2D eigenvalue weighted by Gasteiger charge is -2.25. The van der Waals surface area contributed by atoms with Crippen molar-refractivity contribution in [2.24, 2.45) is 0 Å². The number of para-hydroxylation sites is 2. The molecule has 39 heavy (non-hydrogen) atoms. The number of carbonyl (C=O) groups excluding carboxylic acids is 1. The van der Waals surface area contributed by atoms with Crippen molar-refractivity contribution in [3.8, 4) is 5.75 Å². The van der Waals surface area contributed by atoms with E-state index in [2.05, 4.69) is 15.3 Å². The minimum Gasteiger partial charge on any atom is -0.495 e. The standard InChI is InChI=1S/C28H30N4O7/c1-17(37-25-8-5-13-32(25)28-29-16-19(38-28)10-12-26(34)35)22(33)14-18-9-11-21-24(15-18)39-27(31-21)30-20-6-3-4-7-23(20)36-2/h3-4,6-7,9,11,15-17,25H,5,8,10,12-14H2,1-2H3,(H,30,31)(H,34,35)/t17?,25-/m0/s1. The number of fused-ring (bicyclic) bond motifs is 1. The molecular formula is C28H30N4O7. The number of aromatic nitrogens is 2. The number of aryl methyl sites for hydroxylation is 1. The summed E-state index contributed by atoms with van der Waals surface area (Å²) in [7, 11) is 1.60. The minimum absolute atomic E-state index is 0.0282. The summed E-state index contributed by atoms with van der Waals surface area (Å²) in [5, 5.41) is 12.0. The van der Waals surface area contributed by atoms with E-state index in [0.717, 1.165) is 24.1 Å². The normalized spacial score (nSPS) is 15.9. The molecule has 4 aromatic rings. The average molecular weight is 535 g/mol. The number of carbonyl (C=O) groups is 2. The van der Waals surface area contributed by atoms with Gasteiger partial charge in [-0.1, -0.05) is 18.2 Å². The molecule has 3 heterocycles. The fourth-order valence-corrected chi connectivity index (χ4v) is 4.52. The molecule has 0 bridgehead atoms. The van der Waals surface area contributed by atoms with Crippen molar-refractivity contribution in [3.63, 3.8) is 0 Å². The van der Waals surface area contributed by atoms with Crippen molar-refractivity contribution < 1.29 is 33.0 Å². The maximum Gasteiger partial charge on any atom is 0.303 e. The molecule has 0 radical (unpaired) electrons. The first-order valence-electron chi connectivity index (χ1n) is 12.8. The topological polar surface area (TPSA) is 140 Å². The van der Waals surface area contributed by atoms with Crippen molar-refractivity contribution in [1.82, 2.24) is 9.97 Å². The molecule has 0 amide bonds. The lowest BCUT2D eigenvalue weighted by molar-refractivity contribution is -0.137. The number of benzene rings is 2. The van der Waals surface area contributed by atoms with Gasteiger partial charge in [0.1, 0.15) is 29.4 Å². The van der Waals surface area contributed by atoms with Crippen LogP contribution in [0.4, 0.5) is 17.7 Å². The quantitative estimate of drug-likeness (QED) is 0.261. The largest absolute Gasteiger partial charge is 0.495 e.